The highest BCUT2D eigenvalue weighted by atomic mass is 16.7. The van der Waals surface area contributed by atoms with Crippen LogP contribution in [0.1, 0.15) is 30.5 Å². The van der Waals surface area contributed by atoms with Crippen LogP contribution in [0.25, 0.3) is 0 Å². The normalized spacial score (nSPS) is 12.6. The van der Waals surface area contributed by atoms with E-state index in [1.165, 1.54) is 0 Å². The zero-order valence-electron chi connectivity index (χ0n) is 22.1. The van der Waals surface area contributed by atoms with Crippen LogP contribution in [0.2, 0.25) is 0 Å². The molecule has 39 heavy (non-hydrogen) atoms. The quantitative estimate of drug-likeness (QED) is 0.323. The van der Waals surface area contributed by atoms with Crippen molar-refractivity contribution in [3.8, 4) is 23.0 Å². The molecule has 0 spiro atoms. The van der Waals surface area contributed by atoms with Gasteiger partial charge >= 0.3 is 5.97 Å². The predicted molar refractivity (Wildman–Crippen MR) is 143 cm³/mol. The molecule has 1 heterocycles. The number of carboxylic acids is 1. The molecule has 9 nitrogen and oxygen atoms in total. The molecule has 206 valence electrons. The molecule has 0 aromatic heterocycles. The van der Waals surface area contributed by atoms with Crippen LogP contribution in [0, 0.1) is 0 Å². The maximum atomic E-state index is 13.3. The van der Waals surface area contributed by atoms with Gasteiger partial charge in [0.25, 0.3) is 5.91 Å². The van der Waals surface area contributed by atoms with E-state index in [1.807, 2.05) is 49.4 Å². The number of nitrogens with zero attached hydrogens (tertiary/aromatic N) is 1. The summed E-state index contributed by atoms with van der Waals surface area (Å²) in [5, 5.41) is 9.30. The van der Waals surface area contributed by atoms with E-state index in [9.17, 15) is 14.7 Å². The monoisotopic (exact) mass is 535 g/mol. The number of amides is 1. The fourth-order valence-electron chi connectivity index (χ4n) is 4.16. The molecule has 0 fully saturated rings. The number of ether oxygens (including phenoxy) is 5. The second-order valence-electron chi connectivity index (χ2n) is 8.93. The van der Waals surface area contributed by atoms with Gasteiger partial charge in [-0.2, -0.15) is 0 Å². The molecule has 0 aliphatic carbocycles. The first kappa shape index (κ1) is 27.8. The second-order valence-corrected chi connectivity index (χ2v) is 8.93. The molecule has 9 heteroatoms. The first-order valence-electron chi connectivity index (χ1n) is 12.9. The van der Waals surface area contributed by atoms with E-state index in [4.69, 9.17) is 23.7 Å². The van der Waals surface area contributed by atoms with Crippen LogP contribution < -0.4 is 18.9 Å². The minimum Gasteiger partial charge on any atom is -0.494 e. The van der Waals surface area contributed by atoms with E-state index >= 15 is 0 Å². The fourth-order valence-corrected chi connectivity index (χ4v) is 4.16. The lowest BCUT2D eigenvalue weighted by molar-refractivity contribution is -0.150. The SMILES string of the molecule is CCOc1ccc(CN(Cc2ccc3c(c2)OCO3)C(=O)COc2ccc(C[C@H](OCC)C(=O)O)cc2)cc1. The standard InChI is InChI=1S/C30H33NO8/c1-3-35-24-12-7-22(8-13-24)17-31(18-23-9-14-26-27(16-23)39-20-38-26)29(32)19-37-25-10-5-21(6-11-25)15-28(30(33)34)36-4-2/h5-14,16,28H,3-4,15,17-20H2,1-2H3,(H,33,34)/t28-/m0/s1. The Morgan fingerprint density at radius 1 is 0.821 bits per heavy atom. The molecular formula is C30H33NO8. The summed E-state index contributed by atoms with van der Waals surface area (Å²) in [5.74, 6) is 1.44. The van der Waals surface area contributed by atoms with Crippen molar-refractivity contribution >= 4 is 11.9 Å². The number of hydrogen-bond acceptors (Lipinski definition) is 7. The van der Waals surface area contributed by atoms with E-state index in [2.05, 4.69) is 0 Å². The number of carbonyl (C=O) groups is 2. The van der Waals surface area contributed by atoms with Gasteiger partial charge in [-0.1, -0.05) is 30.3 Å². The average molecular weight is 536 g/mol. The molecule has 0 bridgehead atoms. The molecule has 0 radical (unpaired) electrons. The number of carbonyl (C=O) groups excluding carboxylic acids is 1. The summed E-state index contributed by atoms with van der Waals surface area (Å²) in [6, 6.07) is 20.3. The predicted octanol–water partition coefficient (Wildman–Crippen LogP) is 4.45. The summed E-state index contributed by atoms with van der Waals surface area (Å²) in [6.45, 7) is 5.37. The molecule has 3 aromatic rings. The molecule has 0 saturated carbocycles. The molecular weight excluding hydrogens is 502 g/mol. The number of fused-ring (bicyclic) bond motifs is 1. The van der Waals surface area contributed by atoms with Crippen LogP contribution in [0.4, 0.5) is 0 Å². The maximum absolute atomic E-state index is 13.3. The Labute approximate surface area is 227 Å². The third-order valence-electron chi connectivity index (χ3n) is 6.12. The lowest BCUT2D eigenvalue weighted by atomic mass is 10.1. The lowest BCUT2D eigenvalue weighted by Gasteiger charge is -2.23. The molecule has 1 atom stereocenters. The van der Waals surface area contributed by atoms with Gasteiger partial charge in [0.05, 0.1) is 6.61 Å². The van der Waals surface area contributed by atoms with Gasteiger partial charge in [-0.25, -0.2) is 4.79 Å². The van der Waals surface area contributed by atoms with Gasteiger partial charge in [0.15, 0.2) is 24.2 Å². The molecule has 1 aliphatic rings. The van der Waals surface area contributed by atoms with E-state index in [-0.39, 0.29) is 25.7 Å². The molecule has 4 rings (SSSR count). The van der Waals surface area contributed by atoms with Crippen molar-refractivity contribution in [3.05, 3.63) is 83.4 Å². The van der Waals surface area contributed by atoms with Gasteiger partial charge in [0.2, 0.25) is 6.79 Å². The van der Waals surface area contributed by atoms with E-state index in [0.717, 1.165) is 22.4 Å². The number of benzene rings is 3. The number of hydrogen-bond donors (Lipinski definition) is 1. The van der Waals surface area contributed by atoms with Crippen molar-refractivity contribution in [3.63, 3.8) is 0 Å². The van der Waals surface area contributed by atoms with Crippen LogP contribution in [0.15, 0.2) is 66.7 Å². The van der Waals surface area contributed by atoms with Crippen LogP contribution in [0.3, 0.4) is 0 Å². The summed E-state index contributed by atoms with van der Waals surface area (Å²) in [5.41, 5.74) is 2.67. The van der Waals surface area contributed by atoms with E-state index in [0.29, 0.717) is 43.6 Å². The van der Waals surface area contributed by atoms with Crippen LogP contribution in [0.5, 0.6) is 23.0 Å². The van der Waals surface area contributed by atoms with Crippen molar-refractivity contribution in [2.45, 2.75) is 39.5 Å². The molecule has 0 saturated heterocycles. The van der Waals surface area contributed by atoms with Gasteiger partial charge in [0.1, 0.15) is 11.5 Å². The zero-order valence-corrected chi connectivity index (χ0v) is 22.1. The smallest absolute Gasteiger partial charge is 0.333 e. The lowest BCUT2D eigenvalue weighted by Crippen LogP contribution is -2.34. The molecule has 1 N–H and O–H groups in total. The molecule has 1 amide bonds. The maximum Gasteiger partial charge on any atom is 0.333 e. The van der Waals surface area contributed by atoms with Gasteiger partial charge < -0.3 is 33.7 Å². The van der Waals surface area contributed by atoms with Crippen LogP contribution in [-0.4, -0.2) is 54.6 Å². The zero-order chi connectivity index (χ0) is 27.6. The summed E-state index contributed by atoms with van der Waals surface area (Å²) in [7, 11) is 0. The van der Waals surface area contributed by atoms with E-state index in [1.54, 1.807) is 36.1 Å². The van der Waals surface area contributed by atoms with Crippen LogP contribution in [-0.2, 0) is 33.8 Å². The Kier molecular flexibility index (Phi) is 9.64. The highest BCUT2D eigenvalue weighted by Crippen LogP contribution is 2.33. The third kappa shape index (κ3) is 7.87. The van der Waals surface area contributed by atoms with Gasteiger partial charge in [-0.3, -0.25) is 4.79 Å². The van der Waals surface area contributed by atoms with E-state index < -0.39 is 12.1 Å². The summed E-state index contributed by atoms with van der Waals surface area (Å²) in [6.07, 6.45) is -0.663. The molecule has 1 aliphatic heterocycles. The van der Waals surface area contributed by atoms with Gasteiger partial charge in [-0.05, 0) is 66.9 Å². The Morgan fingerprint density at radius 3 is 2.10 bits per heavy atom. The summed E-state index contributed by atoms with van der Waals surface area (Å²) >= 11 is 0. The Bertz CT molecular complexity index is 1240. The number of carboxylic acid groups (broad SMARTS) is 1. The van der Waals surface area contributed by atoms with Crippen molar-refractivity contribution in [2.75, 3.05) is 26.6 Å². The van der Waals surface area contributed by atoms with Crippen molar-refractivity contribution < 1.29 is 38.4 Å². The average Bonchev–Trinajstić information content (AvgIpc) is 3.41. The first-order chi connectivity index (χ1) is 18.9. The minimum atomic E-state index is -1.00. The minimum absolute atomic E-state index is 0.155. The van der Waals surface area contributed by atoms with Gasteiger partial charge in [-0.15, -0.1) is 0 Å². The summed E-state index contributed by atoms with van der Waals surface area (Å²) < 4.78 is 27.5. The fraction of sp³-hybridized carbons (Fsp3) is 0.333. The van der Waals surface area contributed by atoms with Gasteiger partial charge in [0, 0.05) is 26.1 Å². The second kappa shape index (κ2) is 13.5. The molecule has 0 unspecified atom stereocenters. The first-order valence-corrected chi connectivity index (χ1v) is 12.9. The number of rotatable bonds is 14. The Hall–Kier alpha value is -4.24. The van der Waals surface area contributed by atoms with Crippen molar-refractivity contribution in [2.24, 2.45) is 0 Å². The van der Waals surface area contributed by atoms with Crippen LogP contribution >= 0.6 is 0 Å². The highest BCUT2D eigenvalue weighted by Gasteiger charge is 2.20. The third-order valence-corrected chi connectivity index (χ3v) is 6.12. The molecule has 3 aromatic carbocycles. The van der Waals surface area contributed by atoms with Crippen molar-refractivity contribution in [1.29, 1.82) is 0 Å². The Balaban J connectivity index is 1.42. The largest absolute Gasteiger partial charge is 0.494 e. The number of aliphatic carboxylic acids is 1. The van der Waals surface area contributed by atoms with Crippen molar-refractivity contribution in [1.82, 2.24) is 4.90 Å². The topological polar surface area (TPSA) is 104 Å². The Morgan fingerprint density at radius 2 is 1.44 bits per heavy atom. The summed E-state index contributed by atoms with van der Waals surface area (Å²) in [4.78, 5) is 26.4. The highest BCUT2D eigenvalue weighted by molar-refractivity contribution is 5.78.